The molecule has 0 saturated carbocycles. The van der Waals surface area contributed by atoms with E-state index in [0.29, 0.717) is 53.1 Å². The van der Waals surface area contributed by atoms with Gasteiger partial charge in [-0.05, 0) is 66.4 Å². The molecule has 4 amide bonds. The van der Waals surface area contributed by atoms with Crippen LogP contribution in [-0.4, -0.2) is 107 Å². The third-order valence-corrected chi connectivity index (χ3v) is 14.2. The second-order valence-electron chi connectivity index (χ2n) is 16.5. The molecule has 0 aliphatic carbocycles. The molecule has 2 atom stereocenters. The predicted octanol–water partition coefficient (Wildman–Crippen LogP) is 1.91. The van der Waals surface area contributed by atoms with Crippen molar-refractivity contribution in [1.82, 2.24) is 29.4 Å². The van der Waals surface area contributed by atoms with Crippen molar-refractivity contribution in [3.63, 3.8) is 0 Å². The number of aromatic nitrogens is 2. The molecule has 19 nitrogen and oxygen atoms in total. The summed E-state index contributed by atoms with van der Waals surface area (Å²) in [6, 6.07) is 17.9. The minimum atomic E-state index is -3.98. The molecular weight excluding hydrogens is 892 g/mol. The highest BCUT2D eigenvalue weighted by molar-refractivity contribution is 7.89. The van der Waals surface area contributed by atoms with Gasteiger partial charge in [0, 0.05) is 67.4 Å². The molecule has 6 N–H and O–H groups in total. The number of halogens is 1. The maximum Gasteiger partial charge on any atom is 0.405 e. The van der Waals surface area contributed by atoms with E-state index in [2.05, 4.69) is 25.6 Å². The average molecular weight is 939 g/mol. The van der Waals surface area contributed by atoms with Gasteiger partial charge in [-0.1, -0.05) is 37.3 Å². The number of cyclic esters (lactones) is 1. The van der Waals surface area contributed by atoms with Crippen molar-refractivity contribution < 1.29 is 51.4 Å². The molecule has 5 heterocycles. The Balaban J connectivity index is 0.918. The smallest absolute Gasteiger partial charge is 0.405 e. The van der Waals surface area contributed by atoms with Crippen LogP contribution in [0.25, 0.3) is 22.3 Å². The number of carbonyl (C=O) groups is 5. The Labute approximate surface area is 383 Å². The van der Waals surface area contributed by atoms with Gasteiger partial charge in [0.15, 0.2) is 12.2 Å². The van der Waals surface area contributed by atoms with Crippen LogP contribution in [0.3, 0.4) is 0 Å². The summed E-state index contributed by atoms with van der Waals surface area (Å²) in [4.78, 5) is 82.7. The number of piperazine rings is 1. The van der Waals surface area contributed by atoms with Gasteiger partial charge in [0.1, 0.15) is 18.5 Å². The van der Waals surface area contributed by atoms with Crippen LogP contribution in [-0.2, 0) is 70.4 Å². The summed E-state index contributed by atoms with van der Waals surface area (Å²) in [7, 11) is -3.98. The molecule has 8 rings (SSSR count). The third kappa shape index (κ3) is 9.35. The number of hydrogen-bond donors (Lipinski definition) is 5. The Morgan fingerprint density at radius 3 is 2.39 bits per heavy atom. The van der Waals surface area contributed by atoms with Gasteiger partial charge in [0.2, 0.25) is 21.8 Å². The summed E-state index contributed by atoms with van der Waals surface area (Å²) in [5.74, 6) is -3.39. The molecule has 3 aliphatic rings. The lowest BCUT2D eigenvalue weighted by atomic mass is 9.86. The van der Waals surface area contributed by atoms with Crippen LogP contribution in [0.1, 0.15) is 46.7 Å². The van der Waals surface area contributed by atoms with Crippen molar-refractivity contribution in [2.45, 2.75) is 62.9 Å². The Morgan fingerprint density at radius 2 is 1.70 bits per heavy atom. The van der Waals surface area contributed by atoms with E-state index in [4.69, 9.17) is 15.5 Å². The Morgan fingerprint density at radius 1 is 0.985 bits per heavy atom. The van der Waals surface area contributed by atoms with E-state index >= 15 is 4.39 Å². The lowest BCUT2D eigenvalue weighted by Gasteiger charge is -2.34. The van der Waals surface area contributed by atoms with Crippen molar-refractivity contribution in [2.75, 3.05) is 44.6 Å². The standard InChI is InChI=1S/C46H47FN8O11S/c1-3-46(62)34-19-38-41-32(23-55(38)43(59)33(34)24-65-44(46)60)31(30-17-26(2)35(47)20-36(30)52-41)22-53-13-15-54(16-14-53)67(63,64)29-11-9-28(10-12-29)50-39(56)21-49-42(58)37(18-27-7-5-4-6-8-27)51-40(57)25-66-45(48)61/h4-12,17,19-20,37,62H,3,13-16,18,21-25H2,1-2H3,(H2,48,61)(H,49,58)(H,50,56)(H,51,57)/t37-,46-/m0/s1. The number of benzene rings is 3. The molecule has 21 heteroatoms. The first-order chi connectivity index (χ1) is 32.0. The number of esters is 1. The second-order valence-corrected chi connectivity index (χ2v) is 18.5. The maximum absolute atomic E-state index is 15.0. The first-order valence-electron chi connectivity index (χ1n) is 21.4. The van der Waals surface area contributed by atoms with Crippen LogP contribution in [0, 0.1) is 12.7 Å². The van der Waals surface area contributed by atoms with Crippen molar-refractivity contribution in [1.29, 1.82) is 0 Å². The molecule has 0 spiro atoms. The van der Waals surface area contributed by atoms with E-state index < -0.39 is 76.0 Å². The van der Waals surface area contributed by atoms with Gasteiger partial charge in [-0.25, -0.2) is 27.4 Å². The molecule has 3 aromatic carbocycles. The molecule has 3 aliphatic heterocycles. The summed E-state index contributed by atoms with van der Waals surface area (Å²) in [6.07, 6.45) is -1.11. The lowest BCUT2D eigenvalue weighted by molar-refractivity contribution is -0.172. The van der Waals surface area contributed by atoms with Crippen LogP contribution in [0.5, 0.6) is 0 Å². The number of primary amides is 1. The number of anilines is 1. The number of fused-ring (bicyclic) bond motifs is 5. The Bertz CT molecular complexity index is 3000. The predicted molar refractivity (Wildman–Crippen MR) is 239 cm³/mol. The van der Waals surface area contributed by atoms with Crippen LogP contribution in [0.4, 0.5) is 14.9 Å². The van der Waals surface area contributed by atoms with Crippen molar-refractivity contribution in [3.8, 4) is 11.4 Å². The van der Waals surface area contributed by atoms with Gasteiger partial charge in [0.25, 0.3) is 11.5 Å². The van der Waals surface area contributed by atoms with E-state index in [1.54, 1.807) is 56.3 Å². The summed E-state index contributed by atoms with van der Waals surface area (Å²) in [5.41, 5.74) is 6.90. The zero-order valence-corrected chi connectivity index (χ0v) is 37.3. The van der Waals surface area contributed by atoms with Gasteiger partial charge >= 0.3 is 12.1 Å². The van der Waals surface area contributed by atoms with Crippen molar-refractivity contribution in [3.05, 3.63) is 122 Å². The van der Waals surface area contributed by atoms with Gasteiger partial charge < -0.3 is 40.8 Å². The fourth-order valence-electron chi connectivity index (χ4n) is 8.61. The van der Waals surface area contributed by atoms with Gasteiger partial charge in [-0.2, -0.15) is 4.31 Å². The topological polar surface area (TPSA) is 262 Å². The van der Waals surface area contributed by atoms with E-state index in [0.717, 1.165) is 11.1 Å². The summed E-state index contributed by atoms with van der Waals surface area (Å²) in [5, 5.41) is 19.6. The monoisotopic (exact) mass is 938 g/mol. The van der Waals surface area contributed by atoms with Gasteiger partial charge in [0.05, 0.1) is 40.5 Å². The second kappa shape index (κ2) is 18.7. The number of nitrogens with zero attached hydrogens (tertiary/aromatic N) is 4. The van der Waals surface area contributed by atoms with Crippen LogP contribution >= 0.6 is 0 Å². The summed E-state index contributed by atoms with van der Waals surface area (Å²) < 4.78 is 55.3. The minimum absolute atomic E-state index is 0.00418. The summed E-state index contributed by atoms with van der Waals surface area (Å²) >= 11 is 0. The lowest BCUT2D eigenvalue weighted by Crippen LogP contribution is -2.50. The van der Waals surface area contributed by atoms with Gasteiger partial charge in [-0.3, -0.25) is 24.1 Å². The zero-order valence-electron chi connectivity index (χ0n) is 36.5. The number of aliphatic hydroxyl groups is 1. The third-order valence-electron chi connectivity index (χ3n) is 12.3. The highest BCUT2D eigenvalue weighted by Crippen LogP contribution is 2.41. The first kappa shape index (κ1) is 46.5. The normalized spacial score (nSPS) is 17.4. The fourth-order valence-corrected chi connectivity index (χ4v) is 10.0. The largest absolute Gasteiger partial charge is 0.458 e. The van der Waals surface area contributed by atoms with Gasteiger partial charge in [-0.15, -0.1) is 0 Å². The number of hydrogen-bond acceptors (Lipinski definition) is 13. The quantitative estimate of drug-likeness (QED) is 0.0980. The number of amides is 4. The molecule has 1 fully saturated rings. The minimum Gasteiger partial charge on any atom is -0.458 e. The Kier molecular flexibility index (Phi) is 12.9. The fraction of sp³-hybridized carbons (Fsp3) is 0.326. The molecule has 2 aromatic heterocycles. The number of carbonyl (C=O) groups excluding carboxylic acids is 5. The first-order valence-corrected chi connectivity index (χ1v) is 22.8. The number of ether oxygens (including phenoxy) is 2. The number of rotatable bonds is 14. The number of aryl methyl sites for hydroxylation is 1. The molecule has 350 valence electrons. The number of nitrogens with one attached hydrogen (secondary N) is 3. The zero-order chi connectivity index (χ0) is 47.8. The molecule has 0 radical (unpaired) electrons. The van der Waals surface area contributed by atoms with Crippen LogP contribution in [0.15, 0.2) is 82.5 Å². The molecule has 0 unspecified atom stereocenters. The van der Waals surface area contributed by atoms with Crippen molar-refractivity contribution >= 4 is 56.4 Å². The highest BCUT2D eigenvalue weighted by Gasteiger charge is 2.45. The molecule has 5 aromatic rings. The molecular formula is C46H47FN8O11S. The molecule has 0 bridgehead atoms. The van der Waals surface area contributed by atoms with Crippen molar-refractivity contribution in [2.24, 2.45) is 5.73 Å². The van der Waals surface area contributed by atoms with Crippen LogP contribution in [0.2, 0.25) is 0 Å². The molecule has 67 heavy (non-hydrogen) atoms. The van der Waals surface area contributed by atoms with E-state index in [-0.39, 0.29) is 60.8 Å². The number of nitrogens with two attached hydrogens (primary N) is 1. The number of sulfonamides is 1. The average Bonchev–Trinajstić information content (AvgIpc) is 3.68. The highest BCUT2D eigenvalue weighted by atomic mass is 32.2. The SMILES string of the molecule is CC[C@@]1(O)C(=O)OCc2c1cc1n(c2=O)Cc2c-1nc1cc(F)c(C)cc1c2CN1CCN(S(=O)(=O)c2ccc(NC(=O)CNC(=O)[C@H](Cc3ccccc3)NC(=O)COC(N)=O)cc2)CC1. The van der Waals surface area contributed by atoms with E-state index in [1.807, 2.05) is 0 Å². The van der Waals surface area contributed by atoms with E-state index in [9.17, 15) is 42.3 Å². The van der Waals surface area contributed by atoms with E-state index in [1.165, 1.54) is 39.2 Å². The summed E-state index contributed by atoms with van der Waals surface area (Å²) in [6.45, 7) is 3.20. The maximum atomic E-state index is 15.0. The Hall–Kier alpha value is -7.07. The van der Waals surface area contributed by atoms with Crippen LogP contribution < -0.4 is 27.2 Å². The molecule has 1 saturated heterocycles. The number of pyridine rings is 2.